The Bertz CT molecular complexity index is 158. The zero-order valence-corrected chi connectivity index (χ0v) is 6.66. The second-order valence-corrected chi connectivity index (χ2v) is 2.09. The highest BCUT2D eigenvalue weighted by Gasteiger charge is 2.05. The number of carbonyl (C=O) groups is 2. The smallest absolute Gasteiger partial charge is 0.314 e. The third kappa shape index (κ3) is 4.19. The minimum atomic E-state index is -0.547. The van der Waals surface area contributed by atoms with Crippen LogP contribution in [0, 0.1) is 0 Å². The molecule has 0 heterocycles. The van der Waals surface area contributed by atoms with Crippen LogP contribution >= 0.6 is 0 Å². The van der Waals surface area contributed by atoms with Gasteiger partial charge in [-0.25, -0.2) is 4.79 Å². The summed E-state index contributed by atoms with van der Waals surface area (Å²) < 4.78 is 4.36. The van der Waals surface area contributed by atoms with Crippen LogP contribution in [-0.2, 0) is 9.53 Å². The molecule has 0 aliphatic carbocycles. The minimum absolute atomic E-state index is 0.177. The van der Waals surface area contributed by atoms with Crippen LogP contribution in [-0.4, -0.2) is 37.6 Å². The quantitative estimate of drug-likeness (QED) is 0.569. The van der Waals surface area contributed by atoms with Crippen molar-refractivity contribution in [3.63, 3.8) is 0 Å². The van der Waals surface area contributed by atoms with Gasteiger partial charge in [0, 0.05) is 13.6 Å². The van der Waals surface area contributed by atoms with Crippen molar-refractivity contribution in [2.45, 2.75) is 6.42 Å². The molecule has 5 heteroatoms. The van der Waals surface area contributed by atoms with Gasteiger partial charge in [0.05, 0.1) is 13.5 Å². The average molecular weight is 160 g/mol. The van der Waals surface area contributed by atoms with Gasteiger partial charge >= 0.3 is 12.0 Å². The largest absolute Gasteiger partial charge is 0.469 e. The number of hydrogen-bond donors (Lipinski definition) is 1. The molecule has 0 radical (unpaired) electrons. The standard InChI is InChI=1S/C6H12N2O3/c1-8(6(7)10)4-3-5(9)11-2/h3-4H2,1-2H3,(H2,7,10). The van der Waals surface area contributed by atoms with Gasteiger partial charge in [-0.2, -0.15) is 0 Å². The third-order valence-corrected chi connectivity index (χ3v) is 1.26. The second kappa shape index (κ2) is 4.54. The van der Waals surface area contributed by atoms with E-state index in [1.54, 1.807) is 0 Å². The van der Waals surface area contributed by atoms with E-state index in [1.165, 1.54) is 19.1 Å². The number of ether oxygens (including phenoxy) is 1. The first-order valence-electron chi connectivity index (χ1n) is 3.15. The van der Waals surface area contributed by atoms with Gasteiger partial charge in [-0.3, -0.25) is 4.79 Å². The number of rotatable bonds is 3. The van der Waals surface area contributed by atoms with Crippen LogP contribution in [0.4, 0.5) is 4.79 Å². The van der Waals surface area contributed by atoms with Crippen molar-refractivity contribution in [3.8, 4) is 0 Å². The number of primary amides is 1. The van der Waals surface area contributed by atoms with Crippen LogP contribution in [0.1, 0.15) is 6.42 Å². The van der Waals surface area contributed by atoms with E-state index in [0.29, 0.717) is 6.54 Å². The van der Waals surface area contributed by atoms with E-state index in [1.807, 2.05) is 0 Å². The summed E-state index contributed by atoms with van der Waals surface area (Å²) in [6.07, 6.45) is 0.177. The van der Waals surface area contributed by atoms with Gasteiger partial charge in [0.2, 0.25) is 0 Å². The monoisotopic (exact) mass is 160 g/mol. The fourth-order valence-corrected chi connectivity index (χ4v) is 0.471. The Morgan fingerprint density at radius 2 is 2.09 bits per heavy atom. The maximum atomic E-state index is 10.5. The van der Waals surface area contributed by atoms with Crippen molar-refractivity contribution >= 4 is 12.0 Å². The molecule has 0 aromatic heterocycles. The Labute approximate surface area is 65.1 Å². The number of hydrogen-bond acceptors (Lipinski definition) is 3. The number of methoxy groups -OCH3 is 1. The van der Waals surface area contributed by atoms with E-state index in [4.69, 9.17) is 5.73 Å². The number of esters is 1. The SMILES string of the molecule is COC(=O)CCN(C)C(N)=O. The maximum Gasteiger partial charge on any atom is 0.314 e. The summed E-state index contributed by atoms with van der Waals surface area (Å²) in [6, 6.07) is -0.547. The summed E-state index contributed by atoms with van der Waals surface area (Å²) in [5, 5.41) is 0. The van der Waals surface area contributed by atoms with E-state index in [0.717, 1.165) is 0 Å². The molecule has 64 valence electrons. The number of amides is 2. The lowest BCUT2D eigenvalue weighted by Gasteiger charge is -2.12. The molecule has 0 saturated heterocycles. The summed E-state index contributed by atoms with van der Waals surface area (Å²) in [5.74, 6) is -0.349. The Morgan fingerprint density at radius 3 is 2.45 bits per heavy atom. The van der Waals surface area contributed by atoms with Gasteiger partial charge in [-0.05, 0) is 0 Å². The lowest BCUT2D eigenvalue weighted by Crippen LogP contribution is -2.33. The molecule has 11 heavy (non-hydrogen) atoms. The van der Waals surface area contributed by atoms with Gasteiger partial charge < -0.3 is 15.4 Å². The lowest BCUT2D eigenvalue weighted by atomic mass is 10.4. The van der Waals surface area contributed by atoms with Crippen molar-refractivity contribution in [1.29, 1.82) is 0 Å². The molecule has 2 amide bonds. The molecule has 0 spiro atoms. The second-order valence-electron chi connectivity index (χ2n) is 2.09. The Balaban J connectivity index is 3.54. The van der Waals surface area contributed by atoms with Gasteiger partial charge in [0.1, 0.15) is 0 Å². The normalized spacial score (nSPS) is 8.91. The van der Waals surface area contributed by atoms with Gasteiger partial charge in [-0.15, -0.1) is 0 Å². The molecule has 0 bridgehead atoms. The number of urea groups is 1. The molecule has 2 N–H and O–H groups in total. The molecule has 0 saturated carbocycles. The molecule has 0 fully saturated rings. The van der Waals surface area contributed by atoms with E-state index in [2.05, 4.69) is 4.74 Å². The Kier molecular flexibility index (Phi) is 4.02. The van der Waals surface area contributed by atoms with Crippen LogP contribution in [0.25, 0.3) is 0 Å². The highest BCUT2D eigenvalue weighted by Crippen LogP contribution is 1.88. The predicted molar refractivity (Wildman–Crippen MR) is 38.8 cm³/mol. The molecule has 0 aliphatic rings. The fraction of sp³-hybridized carbons (Fsp3) is 0.667. The molecule has 0 unspecified atom stereocenters. The molecule has 0 aromatic carbocycles. The lowest BCUT2D eigenvalue weighted by molar-refractivity contribution is -0.140. The molecule has 0 rings (SSSR count). The number of nitrogens with two attached hydrogens (primary N) is 1. The van der Waals surface area contributed by atoms with Crippen molar-refractivity contribution in [2.75, 3.05) is 20.7 Å². The van der Waals surface area contributed by atoms with Crippen molar-refractivity contribution in [2.24, 2.45) is 5.73 Å². The van der Waals surface area contributed by atoms with E-state index < -0.39 is 6.03 Å². The average Bonchev–Trinajstić information content (AvgIpc) is 1.99. The van der Waals surface area contributed by atoms with E-state index in [-0.39, 0.29) is 12.4 Å². The topological polar surface area (TPSA) is 72.6 Å². The molecular weight excluding hydrogens is 148 g/mol. The summed E-state index contributed by atoms with van der Waals surface area (Å²) in [4.78, 5) is 22.2. The van der Waals surface area contributed by atoms with Crippen LogP contribution in [0.5, 0.6) is 0 Å². The molecular formula is C6H12N2O3. The van der Waals surface area contributed by atoms with Crippen molar-refractivity contribution < 1.29 is 14.3 Å². The van der Waals surface area contributed by atoms with Gasteiger partial charge in [0.15, 0.2) is 0 Å². The van der Waals surface area contributed by atoms with Crippen molar-refractivity contribution in [3.05, 3.63) is 0 Å². The maximum absolute atomic E-state index is 10.5. The van der Waals surface area contributed by atoms with Crippen LogP contribution in [0.15, 0.2) is 0 Å². The minimum Gasteiger partial charge on any atom is -0.469 e. The highest BCUT2D eigenvalue weighted by atomic mass is 16.5. The van der Waals surface area contributed by atoms with E-state index >= 15 is 0 Å². The number of carbonyl (C=O) groups excluding carboxylic acids is 2. The fourth-order valence-electron chi connectivity index (χ4n) is 0.471. The Hall–Kier alpha value is -1.26. The van der Waals surface area contributed by atoms with Crippen molar-refractivity contribution in [1.82, 2.24) is 4.90 Å². The zero-order valence-electron chi connectivity index (χ0n) is 6.66. The zero-order chi connectivity index (χ0) is 8.85. The van der Waals surface area contributed by atoms with E-state index in [9.17, 15) is 9.59 Å². The first-order valence-corrected chi connectivity index (χ1v) is 3.15. The Morgan fingerprint density at radius 1 is 1.55 bits per heavy atom. The number of nitrogens with zero attached hydrogens (tertiary/aromatic N) is 1. The summed E-state index contributed by atoms with van der Waals surface area (Å²) in [6.45, 7) is 0.294. The molecule has 5 nitrogen and oxygen atoms in total. The first kappa shape index (κ1) is 9.74. The summed E-state index contributed by atoms with van der Waals surface area (Å²) in [7, 11) is 2.82. The van der Waals surface area contributed by atoms with Gasteiger partial charge in [0.25, 0.3) is 0 Å². The molecule has 0 aromatic rings. The highest BCUT2D eigenvalue weighted by molar-refractivity contribution is 5.73. The third-order valence-electron chi connectivity index (χ3n) is 1.26. The van der Waals surface area contributed by atoms with Crippen LogP contribution in [0.2, 0.25) is 0 Å². The molecule has 0 aliphatic heterocycles. The predicted octanol–water partition coefficient (Wildman–Crippen LogP) is -0.440. The van der Waals surface area contributed by atoms with Gasteiger partial charge in [-0.1, -0.05) is 0 Å². The summed E-state index contributed by atoms with van der Waals surface area (Å²) in [5.41, 5.74) is 4.90. The van der Waals surface area contributed by atoms with Crippen LogP contribution in [0.3, 0.4) is 0 Å². The first-order chi connectivity index (χ1) is 5.07. The summed E-state index contributed by atoms with van der Waals surface area (Å²) >= 11 is 0. The van der Waals surface area contributed by atoms with Crippen LogP contribution < -0.4 is 5.73 Å². The molecule has 0 atom stereocenters.